The van der Waals surface area contributed by atoms with Crippen LogP contribution in [0, 0.1) is 5.82 Å². The Morgan fingerprint density at radius 2 is 1.72 bits per heavy atom. The van der Waals surface area contributed by atoms with Crippen LogP contribution in [0.5, 0.6) is 0 Å². The predicted octanol–water partition coefficient (Wildman–Crippen LogP) is 3.65. The number of piperazine rings is 1. The summed E-state index contributed by atoms with van der Waals surface area (Å²) in [4.78, 5) is 27.7. The minimum absolute atomic E-state index is 0.216. The summed E-state index contributed by atoms with van der Waals surface area (Å²) in [7, 11) is 0. The standard InChI is InChI=1S/C21H20F4N2O2/c1-14-20(29)26(11-10-15-6-3-2-4-7-15)13-18(28)27(14)12-16-8-5-9-17(22)19(16)21(23,24)25/h2-9,14H,10-13H2,1H3/t14-/m0/s1. The number of benzene rings is 2. The molecule has 0 unspecified atom stereocenters. The Hall–Kier alpha value is -2.90. The van der Waals surface area contributed by atoms with E-state index < -0.39 is 36.1 Å². The number of halogens is 4. The van der Waals surface area contributed by atoms with E-state index in [9.17, 15) is 27.2 Å². The predicted molar refractivity (Wildman–Crippen MR) is 98.1 cm³/mol. The van der Waals surface area contributed by atoms with Gasteiger partial charge in [-0.15, -0.1) is 0 Å². The fourth-order valence-electron chi connectivity index (χ4n) is 3.47. The Labute approximate surface area is 165 Å². The van der Waals surface area contributed by atoms with Gasteiger partial charge in [0.1, 0.15) is 11.9 Å². The van der Waals surface area contributed by atoms with Crippen LogP contribution < -0.4 is 0 Å². The van der Waals surface area contributed by atoms with Gasteiger partial charge in [0, 0.05) is 13.1 Å². The zero-order chi connectivity index (χ0) is 21.2. The first kappa shape index (κ1) is 20.8. The lowest BCUT2D eigenvalue weighted by Gasteiger charge is -2.39. The summed E-state index contributed by atoms with van der Waals surface area (Å²) in [5.41, 5.74) is -0.764. The van der Waals surface area contributed by atoms with Crippen molar-refractivity contribution in [2.45, 2.75) is 32.1 Å². The normalized spacial score (nSPS) is 17.8. The second-order valence-electron chi connectivity index (χ2n) is 6.96. The second kappa shape index (κ2) is 8.23. The quantitative estimate of drug-likeness (QED) is 0.709. The zero-order valence-electron chi connectivity index (χ0n) is 15.7. The van der Waals surface area contributed by atoms with Crippen molar-refractivity contribution in [2.75, 3.05) is 13.1 Å². The van der Waals surface area contributed by atoms with E-state index in [-0.39, 0.29) is 18.0 Å². The third-order valence-corrected chi connectivity index (χ3v) is 5.02. The molecule has 2 aromatic carbocycles. The second-order valence-corrected chi connectivity index (χ2v) is 6.96. The number of hydrogen-bond donors (Lipinski definition) is 0. The molecule has 1 heterocycles. The average Bonchev–Trinajstić information content (AvgIpc) is 2.67. The summed E-state index contributed by atoms with van der Waals surface area (Å²) < 4.78 is 53.5. The van der Waals surface area contributed by atoms with E-state index in [1.807, 2.05) is 30.3 Å². The van der Waals surface area contributed by atoms with E-state index in [1.165, 1.54) is 11.8 Å². The van der Waals surface area contributed by atoms with Crippen LogP contribution in [-0.2, 0) is 28.7 Å². The van der Waals surface area contributed by atoms with Crippen molar-refractivity contribution >= 4 is 11.8 Å². The number of hydrogen-bond acceptors (Lipinski definition) is 2. The minimum atomic E-state index is -4.89. The van der Waals surface area contributed by atoms with Crippen LogP contribution in [0.25, 0.3) is 0 Å². The molecule has 4 nitrogen and oxygen atoms in total. The fourth-order valence-corrected chi connectivity index (χ4v) is 3.47. The monoisotopic (exact) mass is 408 g/mol. The third-order valence-electron chi connectivity index (χ3n) is 5.02. The van der Waals surface area contributed by atoms with Gasteiger partial charge in [-0.2, -0.15) is 13.2 Å². The van der Waals surface area contributed by atoms with Gasteiger partial charge >= 0.3 is 6.18 Å². The Balaban J connectivity index is 1.74. The lowest BCUT2D eigenvalue weighted by molar-refractivity contribution is -0.156. The van der Waals surface area contributed by atoms with Crippen molar-refractivity contribution < 1.29 is 27.2 Å². The van der Waals surface area contributed by atoms with Crippen molar-refractivity contribution in [2.24, 2.45) is 0 Å². The molecule has 154 valence electrons. The van der Waals surface area contributed by atoms with Gasteiger partial charge in [-0.1, -0.05) is 42.5 Å². The average molecular weight is 408 g/mol. The maximum Gasteiger partial charge on any atom is 0.419 e. The van der Waals surface area contributed by atoms with Gasteiger partial charge in [0.25, 0.3) is 0 Å². The number of nitrogens with zero attached hydrogens (tertiary/aromatic N) is 2. The topological polar surface area (TPSA) is 40.6 Å². The molecule has 3 rings (SSSR count). The highest BCUT2D eigenvalue weighted by Gasteiger charge is 2.40. The Kier molecular flexibility index (Phi) is 5.91. The van der Waals surface area contributed by atoms with Crippen LogP contribution in [0.4, 0.5) is 17.6 Å². The van der Waals surface area contributed by atoms with E-state index in [1.54, 1.807) is 0 Å². The molecule has 0 N–H and O–H groups in total. The van der Waals surface area contributed by atoms with Crippen LogP contribution in [0.2, 0.25) is 0 Å². The molecule has 0 aromatic heterocycles. The Bertz CT molecular complexity index is 899. The molecule has 8 heteroatoms. The van der Waals surface area contributed by atoms with Crippen LogP contribution in [-0.4, -0.2) is 40.7 Å². The van der Waals surface area contributed by atoms with Gasteiger partial charge in [-0.05, 0) is 30.5 Å². The van der Waals surface area contributed by atoms with Gasteiger partial charge < -0.3 is 9.80 Å². The van der Waals surface area contributed by atoms with Crippen LogP contribution >= 0.6 is 0 Å². The van der Waals surface area contributed by atoms with E-state index in [4.69, 9.17) is 0 Å². The van der Waals surface area contributed by atoms with E-state index in [0.717, 1.165) is 28.7 Å². The van der Waals surface area contributed by atoms with E-state index in [0.29, 0.717) is 13.0 Å². The molecule has 0 saturated carbocycles. The minimum Gasteiger partial charge on any atom is -0.331 e. The molecular weight excluding hydrogens is 388 g/mol. The molecule has 1 saturated heterocycles. The number of rotatable bonds is 5. The molecular formula is C21H20F4N2O2. The van der Waals surface area contributed by atoms with Crippen LogP contribution in [0.3, 0.4) is 0 Å². The highest BCUT2D eigenvalue weighted by Crippen LogP contribution is 2.35. The van der Waals surface area contributed by atoms with Gasteiger partial charge in [-0.3, -0.25) is 9.59 Å². The largest absolute Gasteiger partial charge is 0.419 e. The first-order valence-corrected chi connectivity index (χ1v) is 9.15. The van der Waals surface area contributed by atoms with Crippen molar-refractivity contribution in [3.05, 3.63) is 71.0 Å². The highest BCUT2D eigenvalue weighted by molar-refractivity contribution is 5.94. The summed E-state index contributed by atoms with van der Waals surface area (Å²) in [6.45, 7) is 1.11. The molecule has 1 fully saturated rings. The molecule has 2 aromatic rings. The van der Waals surface area contributed by atoms with Gasteiger partial charge in [0.05, 0.1) is 12.1 Å². The fraction of sp³-hybridized carbons (Fsp3) is 0.333. The molecule has 0 bridgehead atoms. The Morgan fingerprint density at radius 3 is 2.38 bits per heavy atom. The number of carbonyl (C=O) groups excluding carboxylic acids is 2. The van der Waals surface area contributed by atoms with Crippen LogP contribution in [0.15, 0.2) is 48.5 Å². The number of alkyl halides is 3. The number of carbonyl (C=O) groups is 2. The maximum absolute atomic E-state index is 13.8. The SMILES string of the molecule is C[C@H]1C(=O)N(CCc2ccccc2)CC(=O)N1Cc1cccc(F)c1C(F)(F)F. The van der Waals surface area contributed by atoms with Crippen LogP contribution in [0.1, 0.15) is 23.6 Å². The highest BCUT2D eigenvalue weighted by atomic mass is 19.4. The molecule has 0 spiro atoms. The molecule has 1 aliphatic rings. The molecule has 0 aliphatic carbocycles. The molecule has 1 aliphatic heterocycles. The summed E-state index contributed by atoms with van der Waals surface area (Å²) in [6.07, 6.45) is -4.33. The van der Waals surface area contributed by atoms with Gasteiger partial charge in [0.15, 0.2) is 0 Å². The smallest absolute Gasteiger partial charge is 0.331 e. The summed E-state index contributed by atoms with van der Waals surface area (Å²) >= 11 is 0. The molecule has 29 heavy (non-hydrogen) atoms. The van der Waals surface area contributed by atoms with Crippen molar-refractivity contribution in [1.29, 1.82) is 0 Å². The van der Waals surface area contributed by atoms with E-state index in [2.05, 4.69) is 0 Å². The van der Waals surface area contributed by atoms with E-state index >= 15 is 0 Å². The van der Waals surface area contributed by atoms with Crippen molar-refractivity contribution in [3.63, 3.8) is 0 Å². The summed E-state index contributed by atoms with van der Waals surface area (Å²) in [6, 6.07) is 11.5. The molecule has 2 amide bonds. The Morgan fingerprint density at radius 1 is 1.03 bits per heavy atom. The summed E-state index contributed by atoms with van der Waals surface area (Å²) in [5.74, 6) is -2.21. The lowest BCUT2D eigenvalue weighted by Crippen LogP contribution is -2.58. The zero-order valence-corrected chi connectivity index (χ0v) is 15.7. The van der Waals surface area contributed by atoms with Gasteiger partial charge in [0.2, 0.25) is 11.8 Å². The molecule has 1 atom stereocenters. The van der Waals surface area contributed by atoms with Crippen molar-refractivity contribution in [1.82, 2.24) is 9.80 Å². The number of amides is 2. The summed E-state index contributed by atoms with van der Waals surface area (Å²) in [5, 5.41) is 0. The third kappa shape index (κ3) is 4.58. The maximum atomic E-state index is 13.8. The van der Waals surface area contributed by atoms with Gasteiger partial charge in [-0.25, -0.2) is 4.39 Å². The first-order valence-electron chi connectivity index (χ1n) is 9.15. The molecule has 0 radical (unpaired) electrons. The lowest BCUT2D eigenvalue weighted by atomic mass is 10.0. The van der Waals surface area contributed by atoms with Crippen molar-refractivity contribution in [3.8, 4) is 0 Å². The first-order chi connectivity index (χ1) is 13.7.